The van der Waals surface area contributed by atoms with E-state index in [0.29, 0.717) is 6.42 Å². The van der Waals surface area contributed by atoms with Crippen molar-refractivity contribution in [2.75, 3.05) is 6.61 Å². The first-order chi connectivity index (χ1) is 6.77. The third kappa shape index (κ3) is 13.6. The molecule has 0 amide bonds. The molecule has 0 aliphatic heterocycles. The normalized spacial score (nSPS) is 12.5. The van der Waals surface area contributed by atoms with E-state index >= 15 is 0 Å². The molecule has 0 heterocycles. The molecule has 0 spiro atoms. The third-order valence-electron chi connectivity index (χ3n) is 1.83. The molecule has 0 aliphatic rings. The molecule has 0 aromatic rings. The van der Waals surface area contributed by atoms with Gasteiger partial charge in [0, 0.05) is 13.5 Å². The number of halogens is 2. The van der Waals surface area contributed by atoms with Crippen molar-refractivity contribution in [3.05, 3.63) is 12.2 Å². The van der Waals surface area contributed by atoms with E-state index in [1.807, 2.05) is 27.7 Å². The highest BCUT2D eigenvalue weighted by Crippen LogP contribution is 2.22. The van der Waals surface area contributed by atoms with Gasteiger partial charge in [0.25, 0.3) is 5.92 Å². The molecule has 1 nitrogen and oxygen atoms in total. The topological polar surface area (TPSA) is 20.2 Å². The summed E-state index contributed by atoms with van der Waals surface area (Å²) in [5.41, 5.74) is -0.173. The van der Waals surface area contributed by atoms with Crippen LogP contribution in [0, 0.1) is 5.41 Å². The summed E-state index contributed by atoms with van der Waals surface area (Å²) in [4.78, 5) is 0. The largest absolute Gasteiger partial charge is 0.396 e. The van der Waals surface area contributed by atoms with Crippen LogP contribution in [-0.4, -0.2) is 17.6 Å². The summed E-state index contributed by atoms with van der Waals surface area (Å²) in [7, 11) is 0. The van der Waals surface area contributed by atoms with Crippen molar-refractivity contribution in [1.29, 1.82) is 0 Å². The number of allylic oxidation sites excluding steroid dienone is 2. The lowest BCUT2D eigenvalue weighted by Crippen LogP contribution is -2.15. The van der Waals surface area contributed by atoms with Gasteiger partial charge in [0.15, 0.2) is 0 Å². The Morgan fingerprint density at radius 3 is 1.93 bits per heavy atom. The van der Waals surface area contributed by atoms with E-state index in [1.165, 1.54) is 6.08 Å². The molecule has 1 N–H and O–H groups in total. The van der Waals surface area contributed by atoms with Crippen molar-refractivity contribution < 1.29 is 13.9 Å². The maximum Gasteiger partial charge on any atom is 0.263 e. The van der Waals surface area contributed by atoms with Gasteiger partial charge >= 0.3 is 0 Å². The molecule has 0 unspecified atom stereocenters. The number of rotatable bonds is 5. The minimum atomic E-state index is -2.72. The minimum absolute atomic E-state index is 0.0867. The summed E-state index contributed by atoms with van der Waals surface area (Å²) < 4.78 is 24.6. The summed E-state index contributed by atoms with van der Waals surface area (Å²) in [5.74, 6) is -2.72. The van der Waals surface area contributed by atoms with Crippen LogP contribution < -0.4 is 0 Å². The lowest BCUT2D eigenvalue weighted by molar-refractivity contribution is 0.0769. The second-order valence-electron chi connectivity index (χ2n) is 4.22. The molecule has 0 radical (unpaired) electrons. The molecular formula is C12H24F2O. The first kappa shape index (κ1) is 17.0. The van der Waals surface area contributed by atoms with Crippen LogP contribution in [0.1, 0.15) is 47.5 Å². The van der Waals surface area contributed by atoms with Crippen molar-refractivity contribution in [1.82, 2.24) is 0 Å². The molecule has 3 heteroatoms. The highest BCUT2D eigenvalue weighted by atomic mass is 19.3. The van der Waals surface area contributed by atoms with Crippen LogP contribution >= 0.6 is 0 Å². The molecular weight excluding hydrogens is 198 g/mol. The summed E-state index contributed by atoms with van der Waals surface area (Å²) >= 11 is 0. The lowest BCUT2D eigenvalue weighted by atomic mass is 9.89. The molecule has 0 saturated heterocycles. The van der Waals surface area contributed by atoms with E-state index in [-0.39, 0.29) is 12.0 Å². The first-order valence-corrected chi connectivity index (χ1v) is 5.43. The van der Waals surface area contributed by atoms with Gasteiger partial charge in [0.1, 0.15) is 0 Å². The van der Waals surface area contributed by atoms with Gasteiger partial charge in [-0.2, -0.15) is 0 Å². The second-order valence-corrected chi connectivity index (χ2v) is 4.22. The van der Waals surface area contributed by atoms with Crippen LogP contribution in [0.2, 0.25) is 0 Å². The number of hydrogen-bond donors (Lipinski definition) is 1. The smallest absolute Gasteiger partial charge is 0.263 e. The first-order valence-electron chi connectivity index (χ1n) is 5.43. The molecule has 0 rings (SSSR count). The van der Waals surface area contributed by atoms with Crippen LogP contribution in [0.25, 0.3) is 0 Å². The molecule has 15 heavy (non-hydrogen) atoms. The quantitative estimate of drug-likeness (QED) is 0.696. The van der Waals surface area contributed by atoms with E-state index in [2.05, 4.69) is 0 Å². The van der Waals surface area contributed by atoms with Gasteiger partial charge in [-0.1, -0.05) is 33.8 Å². The zero-order chi connectivity index (χ0) is 12.5. The molecule has 0 bridgehead atoms. The Morgan fingerprint density at radius 1 is 1.13 bits per heavy atom. The van der Waals surface area contributed by atoms with Gasteiger partial charge in [0.05, 0.1) is 0 Å². The Morgan fingerprint density at radius 2 is 1.60 bits per heavy atom. The van der Waals surface area contributed by atoms with Crippen molar-refractivity contribution in [2.45, 2.75) is 53.4 Å². The lowest BCUT2D eigenvalue weighted by Gasteiger charge is -2.20. The molecule has 0 saturated carbocycles. The maximum atomic E-state index is 12.3. The van der Waals surface area contributed by atoms with E-state index in [4.69, 9.17) is 5.11 Å². The monoisotopic (exact) mass is 222 g/mol. The van der Waals surface area contributed by atoms with E-state index in [0.717, 1.165) is 19.4 Å². The average molecular weight is 222 g/mol. The SMILES string of the molecule is CC.CC(F)(F)/C=C/CCC(C)(C)CO. The van der Waals surface area contributed by atoms with Crippen LogP contribution in [0.5, 0.6) is 0 Å². The Balaban J connectivity index is 0. The molecule has 0 fully saturated rings. The number of aliphatic hydroxyl groups excluding tert-OH is 1. The van der Waals surface area contributed by atoms with Gasteiger partial charge in [-0.15, -0.1) is 0 Å². The fourth-order valence-corrected chi connectivity index (χ4v) is 0.843. The predicted molar refractivity (Wildman–Crippen MR) is 61.2 cm³/mol. The third-order valence-corrected chi connectivity index (χ3v) is 1.83. The Labute approximate surface area is 92.2 Å². The van der Waals surface area contributed by atoms with Gasteiger partial charge in [0.2, 0.25) is 0 Å². The maximum absolute atomic E-state index is 12.3. The standard InChI is InChI=1S/C10H18F2O.C2H6/c1-9(2,8-13)6-4-5-7-10(3,11)12;1-2/h5,7,13H,4,6,8H2,1-3H3;1-2H3/b7-5+;. The Hall–Kier alpha value is -0.440. The van der Waals surface area contributed by atoms with Crippen LogP contribution in [0.15, 0.2) is 12.2 Å². The number of aliphatic hydroxyl groups is 1. The molecule has 0 atom stereocenters. The molecule has 0 aromatic carbocycles. The van der Waals surface area contributed by atoms with Crippen LogP contribution in [0.3, 0.4) is 0 Å². The zero-order valence-corrected chi connectivity index (χ0v) is 10.5. The van der Waals surface area contributed by atoms with Crippen molar-refractivity contribution in [2.24, 2.45) is 5.41 Å². The summed E-state index contributed by atoms with van der Waals surface area (Å²) in [5, 5.41) is 8.88. The predicted octanol–water partition coefficient (Wildman–Crippen LogP) is 4.02. The highest BCUT2D eigenvalue weighted by molar-refractivity contribution is 4.92. The van der Waals surface area contributed by atoms with E-state index in [1.54, 1.807) is 0 Å². The van der Waals surface area contributed by atoms with E-state index < -0.39 is 5.92 Å². The summed E-state index contributed by atoms with van der Waals surface area (Å²) in [6.45, 7) is 8.76. The molecule has 0 aromatic heterocycles. The highest BCUT2D eigenvalue weighted by Gasteiger charge is 2.17. The fourth-order valence-electron chi connectivity index (χ4n) is 0.843. The second kappa shape index (κ2) is 7.80. The van der Waals surface area contributed by atoms with Gasteiger partial charge in [-0.05, 0) is 24.3 Å². The average Bonchev–Trinajstić information content (AvgIpc) is 2.15. The van der Waals surface area contributed by atoms with Crippen molar-refractivity contribution in [3.63, 3.8) is 0 Å². The zero-order valence-electron chi connectivity index (χ0n) is 10.5. The molecule has 92 valence electrons. The van der Waals surface area contributed by atoms with Gasteiger partial charge in [-0.25, -0.2) is 8.78 Å². The minimum Gasteiger partial charge on any atom is -0.396 e. The van der Waals surface area contributed by atoms with E-state index in [9.17, 15) is 8.78 Å². The Kier molecular flexibility index (Phi) is 8.83. The van der Waals surface area contributed by atoms with Gasteiger partial charge in [-0.3, -0.25) is 0 Å². The van der Waals surface area contributed by atoms with Crippen LogP contribution in [-0.2, 0) is 0 Å². The Bertz CT molecular complexity index is 169. The number of alkyl halides is 2. The van der Waals surface area contributed by atoms with Gasteiger partial charge < -0.3 is 5.11 Å². The number of hydrogen-bond acceptors (Lipinski definition) is 1. The van der Waals surface area contributed by atoms with Crippen molar-refractivity contribution in [3.8, 4) is 0 Å². The van der Waals surface area contributed by atoms with Crippen LogP contribution in [0.4, 0.5) is 8.78 Å². The fraction of sp³-hybridized carbons (Fsp3) is 0.833. The summed E-state index contributed by atoms with van der Waals surface area (Å²) in [6.07, 6.45) is 3.67. The molecule has 0 aliphatic carbocycles. The van der Waals surface area contributed by atoms with Crippen molar-refractivity contribution >= 4 is 0 Å². The summed E-state index contributed by atoms with van der Waals surface area (Å²) in [6, 6.07) is 0.